The standard InChI is InChI=1S/C13H14N4O/c1-9(18)17-11-6-4-3-5-10(11)12-7-16-13(14-2)8-15-12/h3-8H,1-2H3,(H,14,16)(H,17,18). The van der Waals surface area contributed by atoms with E-state index in [1.807, 2.05) is 24.3 Å². The first-order valence-corrected chi connectivity index (χ1v) is 5.57. The van der Waals surface area contributed by atoms with Crippen molar-refractivity contribution in [2.45, 2.75) is 6.92 Å². The Labute approximate surface area is 105 Å². The van der Waals surface area contributed by atoms with Crippen LogP contribution in [0.1, 0.15) is 6.92 Å². The zero-order chi connectivity index (χ0) is 13.0. The Morgan fingerprint density at radius 2 is 1.94 bits per heavy atom. The number of rotatable bonds is 3. The highest BCUT2D eigenvalue weighted by Crippen LogP contribution is 2.25. The quantitative estimate of drug-likeness (QED) is 0.865. The first-order chi connectivity index (χ1) is 8.70. The minimum absolute atomic E-state index is 0.109. The van der Waals surface area contributed by atoms with Gasteiger partial charge in [0.2, 0.25) is 5.91 Å². The van der Waals surface area contributed by atoms with Crippen molar-refractivity contribution in [3.8, 4) is 11.3 Å². The van der Waals surface area contributed by atoms with Crippen molar-refractivity contribution < 1.29 is 4.79 Å². The molecule has 1 aromatic carbocycles. The minimum atomic E-state index is -0.109. The molecule has 1 amide bonds. The van der Waals surface area contributed by atoms with Crippen LogP contribution in [0.5, 0.6) is 0 Å². The number of carbonyl (C=O) groups excluding carboxylic acids is 1. The molecule has 1 aromatic heterocycles. The van der Waals surface area contributed by atoms with Gasteiger partial charge in [0.25, 0.3) is 0 Å². The number of para-hydroxylation sites is 1. The zero-order valence-electron chi connectivity index (χ0n) is 10.3. The average Bonchev–Trinajstić information content (AvgIpc) is 2.39. The van der Waals surface area contributed by atoms with Crippen molar-refractivity contribution in [2.75, 3.05) is 17.7 Å². The molecule has 0 aliphatic carbocycles. The molecule has 2 aromatic rings. The van der Waals surface area contributed by atoms with Gasteiger partial charge in [0.05, 0.1) is 23.8 Å². The van der Waals surface area contributed by atoms with Crippen molar-refractivity contribution >= 4 is 17.4 Å². The Balaban J connectivity index is 2.39. The van der Waals surface area contributed by atoms with Gasteiger partial charge in [0, 0.05) is 19.5 Å². The van der Waals surface area contributed by atoms with Gasteiger partial charge >= 0.3 is 0 Å². The molecule has 0 radical (unpaired) electrons. The Kier molecular flexibility index (Phi) is 3.52. The highest BCUT2D eigenvalue weighted by Gasteiger charge is 2.07. The number of aromatic nitrogens is 2. The summed E-state index contributed by atoms with van der Waals surface area (Å²) in [6.45, 7) is 1.48. The number of benzene rings is 1. The molecule has 0 saturated heterocycles. The molecule has 0 fully saturated rings. The van der Waals surface area contributed by atoms with Crippen LogP contribution in [0.2, 0.25) is 0 Å². The molecule has 2 N–H and O–H groups in total. The molecule has 0 spiro atoms. The topological polar surface area (TPSA) is 66.9 Å². The van der Waals surface area contributed by atoms with E-state index >= 15 is 0 Å². The number of amides is 1. The van der Waals surface area contributed by atoms with E-state index in [2.05, 4.69) is 20.6 Å². The van der Waals surface area contributed by atoms with Gasteiger partial charge in [0.1, 0.15) is 5.82 Å². The molecule has 0 unspecified atom stereocenters. The van der Waals surface area contributed by atoms with Gasteiger partial charge in [-0.05, 0) is 6.07 Å². The van der Waals surface area contributed by atoms with E-state index in [0.29, 0.717) is 5.82 Å². The predicted octanol–water partition coefficient (Wildman–Crippen LogP) is 2.14. The van der Waals surface area contributed by atoms with Crippen molar-refractivity contribution in [1.29, 1.82) is 0 Å². The van der Waals surface area contributed by atoms with Crippen LogP contribution in [0.25, 0.3) is 11.3 Å². The fraction of sp³-hybridized carbons (Fsp3) is 0.154. The molecular weight excluding hydrogens is 228 g/mol. The number of nitrogens with one attached hydrogen (secondary N) is 2. The molecule has 0 atom stereocenters. The number of nitrogens with zero attached hydrogens (tertiary/aromatic N) is 2. The van der Waals surface area contributed by atoms with Crippen LogP contribution >= 0.6 is 0 Å². The van der Waals surface area contributed by atoms with Crippen LogP contribution in [-0.2, 0) is 4.79 Å². The third-order valence-corrected chi connectivity index (χ3v) is 2.42. The number of hydrogen-bond donors (Lipinski definition) is 2. The molecule has 92 valence electrons. The van der Waals surface area contributed by atoms with Crippen LogP contribution < -0.4 is 10.6 Å². The van der Waals surface area contributed by atoms with Gasteiger partial charge in [-0.2, -0.15) is 0 Å². The minimum Gasteiger partial charge on any atom is -0.372 e. The van der Waals surface area contributed by atoms with Gasteiger partial charge in [-0.1, -0.05) is 18.2 Å². The molecular formula is C13H14N4O. The number of hydrogen-bond acceptors (Lipinski definition) is 4. The third kappa shape index (κ3) is 2.63. The van der Waals surface area contributed by atoms with E-state index in [1.54, 1.807) is 19.4 Å². The summed E-state index contributed by atoms with van der Waals surface area (Å²) in [6, 6.07) is 7.50. The van der Waals surface area contributed by atoms with E-state index in [-0.39, 0.29) is 5.91 Å². The van der Waals surface area contributed by atoms with E-state index < -0.39 is 0 Å². The van der Waals surface area contributed by atoms with E-state index in [0.717, 1.165) is 16.9 Å². The first-order valence-electron chi connectivity index (χ1n) is 5.57. The van der Waals surface area contributed by atoms with E-state index in [1.165, 1.54) is 6.92 Å². The molecule has 0 aliphatic rings. The summed E-state index contributed by atoms with van der Waals surface area (Å²) in [7, 11) is 1.79. The lowest BCUT2D eigenvalue weighted by Gasteiger charge is -2.09. The average molecular weight is 242 g/mol. The Morgan fingerprint density at radius 1 is 1.17 bits per heavy atom. The molecule has 1 heterocycles. The second kappa shape index (κ2) is 5.27. The maximum Gasteiger partial charge on any atom is 0.221 e. The van der Waals surface area contributed by atoms with E-state index in [9.17, 15) is 4.79 Å². The predicted molar refractivity (Wildman–Crippen MR) is 71.3 cm³/mol. The van der Waals surface area contributed by atoms with Crippen LogP contribution in [0.4, 0.5) is 11.5 Å². The summed E-state index contributed by atoms with van der Waals surface area (Å²) in [6.07, 6.45) is 3.33. The normalized spacial score (nSPS) is 9.89. The maximum atomic E-state index is 11.1. The monoisotopic (exact) mass is 242 g/mol. The van der Waals surface area contributed by atoms with Gasteiger partial charge in [-0.3, -0.25) is 9.78 Å². The fourth-order valence-corrected chi connectivity index (χ4v) is 1.60. The van der Waals surface area contributed by atoms with Crippen molar-refractivity contribution in [3.63, 3.8) is 0 Å². The maximum absolute atomic E-state index is 11.1. The summed E-state index contributed by atoms with van der Waals surface area (Å²) in [4.78, 5) is 19.7. The third-order valence-electron chi connectivity index (χ3n) is 2.42. The molecule has 0 bridgehead atoms. The SMILES string of the molecule is CNc1cnc(-c2ccccc2NC(C)=O)cn1. The van der Waals surface area contributed by atoms with Crippen LogP contribution in [0.3, 0.4) is 0 Å². The fourth-order valence-electron chi connectivity index (χ4n) is 1.60. The van der Waals surface area contributed by atoms with Crippen molar-refractivity contribution in [1.82, 2.24) is 9.97 Å². The van der Waals surface area contributed by atoms with Gasteiger partial charge in [0.15, 0.2) is 0 Å². The van der Waals surface area contributed by atoms with Gasteiger partial charge in [-0.15, -0.1) is 0 Å². The number of anilines is 2. The summed E-state index contributed by atoms with van der Waals surface area (Å²) in [5.74, 6) is 0.595. The van der Waals surface area contributed by atoms with E-state index in [4.69, 9.17) is 0 Å². The molecule has 0 saturated carbocycles. The van der Waals surface area contributed by atoms with Crippen molar-refractivity contribution in [3.05, 3.63) is 36.7 Å². The Hall–Kier alpha value is -2.43. The lowest BCUT2D eigenvalue weighted by Crippen LogP contribution is -2.07. The van der Waals surface area contributed by atoms with Gasteiger partial charge < -0.3 is 10.6 Å². The first kappa shape index (κ1) is 12.0. The summed E-state index contributed by atoms with van der Waals surface area (Å²) in [5.41, 5.74) is 2.30. The largest absolute Gasteiger partial charge is 0.372 e. The summed E-state index contributed by atoms with van der Waals surface area (Å²) in [5, 5.41) is 5.69. The van der Waals surface area contributed by atoms with Crippen molar-refractivity contribution in [2.24, 2.45) is 0 Å². The molecule has 5 heteroatoms. The van der Waals surface area contributed by atoms with Crippen LogP contribution in [0.15, 0.2) is 36.7 Å². The summed E-state index contributed by atoms with van der Waals surface area (Å²) >= 11 is 0. The van der Waals surface area contributed by atoms with Crippen LogP contribution in [0, 0.1) is 0 Å². The van der Waals surface area contributed by atoms with Crippen LogP contribution in [-0.4, -0.2) is 22.9 Å². The molecule has 5 nitrogen and oxygen atoms in total. The highest BCUT2D eigenvalue weighted by molar-refractivity contribution is 5.93. The lowest BCUT2D eigenvalue weighted by molar-refractivity contribution is -0.114. The number of carbonyl (C=O) groups is 1. The second-order valence-electron chi connectivity index (χ2n) is 3.76. The highest BCUT2D eigenvalue weighted by atomic mass is 16.1. The lowest BCUT2D eigenvalue weighted by atomic mass is 10.1. The molecule has 0 aliphatic heterocycles. The second-order valence-corrected chi connectivity index (χ2v) is 3.76. The Morgan fingerprint density at radius 3 is 2.56 bits per heavy atom. The summed E-state index contributed by atoms with van der Waals surface area (Å²) < 4.78 is 0. The smallest absolute Gasteiger partial charge is 0.221 e. The van der Waals surface area contributed by atoms with Gasteiger partial charge in [-0.25, -0.2) is 4.98 Å². The zero-order valence-corrected chi connectivity index (χ0v) is 10.3. The Bertz CT molecular complexity index is 551. The molecule has 2 rings (SSSR count). The molecule has 18 heavy (non-hydrogen) atoms.